The minimum absolute atomic E-state index is 0.113. The zero-order valence-corrected chi connectivity index (χ0v) is 12.1. The first-order valence-electron chi connectivity index (χ1n) is 6.28. The number of hydrogen-bond donors (Lipinski definition) is 0. The molecule has 0 radical (unpaired) electrons. The van der Waals surface area contributed by atoms with E-state index in [4.69, 9.17) is 11.6 Å². The Hall–Kier alpha value is -2.80. The van der Waals surface area contributed by atoms with Crippen LogP contribution in [0.25, 0.3) is 11.0 Å². The molecule has 0 bridgehead atoms. The number of halogens is 1. The summed E-state index contributed by atoms with van der Waals surface area (Å²) in [6.45, 7) is 1.61. The van der Waals surface area contributed by atoms with Gasteiger partial charge in [0, 0.05) is 22.2 Å². The van der Waals surface area contributed by atoms with Crippen LogP contribution in [0.5, 0.6) is 0 Å². The van der Waals surface area contributed by atoms with Gasteiger partial charge in [-0.1, -0.05) is 22.9 Å². The Morgan fingerprint density at radius 1 is 1.27 bits per heavy atom. The van der Waals surface area contributed by atoms with Crippen LogP contribution in [-0.2, 0) is 0 Å². The van der Waals surface area contributed by atoms with Crippen molar-refractivity contribution < 1.29 is 9.72 Å². The lowest BCUT2D eigenvalue weighted by atomic mass is 10.1. The molecule has 0 saturated carbocycles. The van der Waals surface area contributed by atoms with Crippen molar-refractivity contribution in [1.29, 1.82) is 0 Å². The summed E-state index contributed by atoms with van der Waals surface area (Å²) < 4.78 is 1.10. The molecule has 0 N–H and O–H groups in total. The summed E-state index contributed by atoms with van der Waals surface area (Å²) in [5, 5.41) is 19.1. The molecule has 1 heterocycles. The summed E-state index contributed by atoms with van der Waals surface area (Å²) in [6.07, 6.45) is 0. The van der Waals surface area contributed by atoms with Gasteiger partial charge in [0.25, 0.3) is 11.6 Å². The fourth-order valence-corrected chi connectivity index (χ4v) is 2.27. The molecule has 0 fully saturated rings. The maximum atomic E-state index is 12.5. The van der Waals surface area contributed by atoms with Gasteiger partial charge in [0.05, 0.1) is 10.4 Å². The number of carbonyl (C=O) groups excluding carboxylic acids is 1. The third-order valence-corrected chi connectivity index (χ3v) is 3.49. The third-order valence-electron chi connectivity index (χ3n) is 3.25. The molecule has 0 atom stereocenters. The van der Waals surface area contributed by atoms with Crippen molar-refractivity contribution in [2.24, 2.45) is 0 Å². The van der Waals surface area contributed by atoms with Crippen molar-refractivity contribution in [3.63, 3.8) is 0 Å². The highest BCUT2D eigenvalue weighted by molar-refractivity contribution is 6.31. The SMILES string of the molecule is Cc1ccc(C(=O)n2nnc3cc(Cl)ccc32)cc1[N+](=O)[O-]. The standard InChI is InChI=1S/C14H9ClN4O3/c1-8-2-3-9(6-13(8)19(21)22)14(20)18-12-5-4-10(15)7-11(12)16-17-18/h2-7H,1H3. The van der Waals surface area contributed by atoms with Gasteiger partial charge in [-0.3, -0.25) is 14.9 Å². The van der Waals surface area contributed by atoms with Crippen LogP contribution in [-0.4, -0.2) is 25.8 Å². The Kier molecular flexibility index (Phi) is 3.34. The molecule has 0 saturated heterocycles. The number of fused-ring (bicyclic) bond motifs is 1. The number of carbonyl (C=O) groups is 1. The summed E-state index contributed by atoms with van der Waals surface area (Å²) in [4.78, 5) is 23.0. The van der Waals surface area contributed by atoms with E-state index in [-0.39, 0.29) is 11.3 Å². The van der Waals surface area contributed by atoms with Gasteiger partial charge in [0.2, 0.25) is 0 Å². The van der Waals surface area contributed by atoms with Gasteiger partial charge < -0.3 is 0 Å². The van der Waals surface area contributed by atoms with Gasteiger partial charge in [-0.05, 0) is 31.2 Å². The molecular formula is C14H9ClN4O3. The van der Waals surface area contributed by atoms with Crippen molar-refractivity contribution in [2.45, 2.75) is 6.92 Å². The molecule has 0 aliphatic rings. The summed E-state index contributed by atoms with van der Waals surface area (Å²) in [5.74, 6) is -0.493. The lowest BCUT2D eigenvalue weighted by Crippen LogP contribution is -2.14. The van der Waals surface area contributed by atoms with Crippen LogP contribution < -0.4 is 0 Å². The molecule has 3 aromatic rings. The first kappa shape index (κ1) is 14.2. The molecule has 2 aromatic carbocycles. The molecule has 22 heavy (non-hydrogen) atoms. The van der Waals surface area contributed by atoms with E-state index >= 15 is 0 Å². The number of benzene rings is 2. The van der Waals surface area contributed by atoms with Crippen LogP contribution in [0.15, 0.2) is 36.4 Å². The molecule has 0 amide bonds. The Labute approximate surface area is 129 Å². The number of rotatable bonds is 2. The first-order chi connectivity index (χ1) is 10.5. The van der Waals surface area contributed by atoms with Crippen molar-refractivity contribution >= 4 is 34.2 Å². The molecular weight excluding hydrogens is 308 g/mol. The normalized spacial score (nSPS) is 10.8. The highest BCUT2D eigenvalue weighted by Crippen LogP contribution is 2.22. The minimum atomic E-state index is -0.522. The first-order valence-corrected chi connectivity index (χ1v) is 6.66. The van der Waals surface area contributed by atoms with Crippen molar-refractivity contribution in [2.75, 3.05) is 0 Å². The lowest BCUT2D eigenvalue weighted by Gasteiger charge is -2.03. The fraction of sp³-hybridized carbons (Fsp3) is 0.0714. The summed E-state index contributed by atoms with van der Waals surface area (Å²) in [7, 11) is 0. The molecule has 3 rings (SSSR count). The molecule has 0 unspecified atom stereocenters. The van der Waals surface area contributed by atoms with Crippen LogP contribution in [0.1, 0.15) is 15.9 Å². The van der Waals surface area contributed by atoms with Crippen LogP contribution in [0.2, 0.25) is 5.02 Å². The van der Waals surface area contributed by atoms with E-state index in [1.807, 2.05) is 0 Å². The molecule has 8 heteroatoms. The molecule has 1 aromatic heterocycles. The number of aryl methyl sites for hydroxylation is 1. The zero-order chi connectivity index (χ0) is 15.9. The fourth-order valence-electron chi connectivity index (χ4n) is 2.11. The number of nitro groups is 1. The Morgan fingerprint density at radius 3 is 2.77 bits per heavy atom. The third kappa shape index (κ3) is 2.31. The van der Waals surface area contributed by atoms with Gasteiger partial charge in [0.15, 0.2) is 0 Å². The second-order valence-corrected chi connectivity index (χ2v) is 5.13. The topological polar surface area (TPSA) is 90.9 Å². The van der Waals surface area contributed by atoms with Gasteiger partial charge >= 0.3 is 0 Å². The Bertz CT molecular complexity index is 920. The highest BCUT2D eigenvalue weighted by atomic mass is 35.5. The smallest absolute Gasteiger partial charge is 0.267 e. The van der Waals surface area contributed by atoms with Crippen LogP contribution in [0, 0.1) is 17.0 Å². The number of hydrogen-bond acceptors (Lipinski definition) is 5. The van der Waals surface area contributed by atoms with Gasteiger partial charge in [-0.25, -0.2) is 0 Å². The average Bonchev–Trinajstić information content (AvgIpc) is 2.89. The molecule has 110 valence electrons. The summed E-state index contributed by atoms with van der Waals surface area (Å²) in [6, 6.07) is 9.12. The van der Waals surface area contributed by atoms with Crippen LogP contribution in [0.3, 0.4) is 0 Å². The number of aromatic nitrogens is 3. The second kappa shape index (κ2) is 5.19. The van der Waals surface area contributed by atoms with E-state index in [2.05, 4.69) is 10.3 Å². The predicted octanol–water partition coefficient (Wildman–Crippen LogP) is 2.99. The predicted molar refractivity (Wildman–Crippen MR) is 80.1 cm³/mol. The Balaban J connectivity index is 2.10. The molecule has 7 nitrogen and oxygen atoms in total. The average molecular weight is 317 g/mol. The van der Waals surface area contributed by atoms with E-state index in [1.165, 1.54) is 18.2 Å². The van der Waals surface area contributed by atoms with Gasteiger partial charge in [-0.15, -0.1) is 5.10 Å². The van der Waals surface area contributed by atoms with Crippen LogP contribution >= 0.6 is 11.6 Å². The quantitative estimate of drug-likeness (QED) is 0.535. The maximum absolute atomic E-state index is 12.5. The minimum Gasteiger partial charge on any atom is -0.267 e. The second-order valence-electron chi connectivity index (χ2n) is 4.70. The summed E-state index contributed by atoms with van der Waals surface area (Å²) in [5.41, 5.74) is 1.49. The van der Waals surface area contributed by atoms with E-state index in [0.717, 1.165) is 4.68 Å². The highest BCUT2D eigenvalue weighted by Gasteiger charge is 2.18. The lowest BCUT2D eigenvalue weighted by molar-refractivity contribution is -0.385. The zero-order valence-electron chi connectivity index (χ0n) is 11.4. The summed E-state index contributed by atoms with van der Waals surface area (Å²) >= 11 is 5.86. The van der Waals surface area contributed by atoms with E-state index < -0.39 is 10.8 Å². The maximum Gasteiger partial charge on any atom is 0.280 e. The number of nitrogens with zero attached hydrogens (tertiary/aromatic N) is 4. The van der Waals surface area contributed by atoms with Crippen molar-refractivity contribution in [1.82, 2.24) is 15.0 Å². The van der Waals surface area contributed by atoms with Crippen molar-refractivity contribution in [3.8, 4) is 0 Å². The largest absolute Gasteiger partial charge is 0.280 e. The Morgan fingerprint density at radius 2 is 2.05 bits per heavy atom. The van der Waals surface area contributed by atoms with Gasteiger partial charge in [-0.2, -0.15) is 4.68 Å². The van der Waals surface area contributed by atoms with Gasteiger partial charge in [0.1, 0.15) is 5.52 Å². The molecule has 0 spiro atoms. The van der Waals surface area contributed by atoms with Crippen molar-refractivity contribution in [3.05, 3.63) is 62.7 Å². The van der Waals surface area contributed by atoms with E-state index in [0.29, 0.717) is 21.6 Å². The monoisotopic (exact) mass is 316 g/mol. The van der Waals surface area contributed by atoms with Crippen LogP contribution in [0.4, 0.5) is 5.69 Å². The molecule has 0 aliphatic heterocycles. The van der Waals surface area contributed by atoms with E-state index in [1.54, 1.807) is 25.1 Å². The molecule has 0 aliphatic carbocycles. The number of nitro benzene ring substituents is 1. The van der Waals surface area contributed by atoms with E-state index in [9.17, 15) is 14.9 Å².